The number of aryl methyl sites for hydroxylation is 1. The molecule has 5 aliphatic rings. The summed E-state index contributed by atoms with van der Waals surface area (Å²) in [5, 5.41) is 10.2. The smallest absolute Gasteiger partial charge is 0.308 e. The summed E-state index contributed by atoms with van der Waals surface area (Å²) in [6, 6.07) is 15.3. The molecule has 0 radical (unpaired) electrons. The van der Waals surface area contributed by atoms with Crippen LogP contribution < -0.4 is 9.47 Å². The molecule has 3 aliphatic carbocycles. The first-order chi connectivity index (χ1) is 24.3. The second-order valence-electron chi connectivity index (χ2n) is 16.7. The second kappa shape index (κ2) is 15.4. The maximum atomic E-state index is 14.2. The summed E-state index contributed by atoms with van der Waals surface area (Å²) in [6.07, 6.45) is 15.9. The molecule has 2 aromatic carbocycles. The highest BCUT2D eigenvalue weighted by atomic mass is 16.6. The van der Waals surface area contributed by atoms with Crippen LogP contribution in [-0.2, 0) is 27.8 Å². The molecule has 7 nitrogen and oxygen atoms in total. The number of esters is 1. The van der Waals surface area contributed by atoms with Gasteiger partial charge < -0.3 is 19.5 Å². The van der Waals surface area contributed by atoms with E-state index in [4.69, 9.17) is 9.47 Å². The zero-order chi connectivity index (χ0) is 34.8. The van der Waals surface area contributed by atoms with E-state index in [9.17, 15) is 14.7 Å². The van der Waals surface area contributed by atoms with Crippen molar-refractivity contribution in [3.05, 3.63) is 59.2 Å². The quantitative estimate of drug-likeness (QED) is 0.105. The van der Waals surface area contributed by atoms with E-state index >= 15 is 0 Å². The standard InChI is InChI=1S/C43H60N2O5/c1-29(2)27-45(39(48)18-14-9-7-5-4-6-8-11-15-31-16-12-10-13-17-31)35-21-20-34-36-25-32-19-22-38(49-30(3)46)41-40(32)43(34,42(35)50-41)23-24-44(36)28-33-26-37(33)47/h10,12-13,16-17,19,22,29,33-37,42,47H,4-9,11,14-15,18,20-21,23-28H2,1-3H3/t33?,34-,35+,36+,37?,42-,43-/m0/s1. The molecule has 1 saturated heterocycles. The molecule has 7 atom stereocenters. The van der Waals surface area contributed by atoms with Crippen LogP contribution in [0.4, 0.5) is 0 Å². The largest absolute Gasteiger partial charge is 0.483 e. The Morgan fingerprint density at radius 1 is 1.00 bits per heavy atom. The topological polar surface area (TPSA) is 79.3 Å². The van der Waals surface area contributed by atoms with Crippen molar-refractivity contribution >= 4 is 11.9 Å². The second-order valence-corrected chi connectivity index (χ2v) is 16.7. The van der Waals surface area contributed by atoms with Gasteiger partial charge in [0.05, 0.1) is 12.1 Å². The molecule has 50 heavy (non-hydrogen) atoms. The van der Waals surface area contributed by atoms with Gasteiger partial charge in [-0.05, 0) is 86.9 Å². The van der Waals surface area contributed by atoms with Crippen LogP contribution in [0.25, 0.3) is 0 Å². The summed E-state index contributed by atoms with van der Waals surface area (Å²) >= 11 is 0. The molecule has 2 unspecified atom stereocenters. The predicted molar refractivity (Wildman–Crippen MR) is 196 cm³/mol. The lowest BCUT2D eigenvalue weighted by molar-refractivity contribution is -0.143. The number of likely N-dealkylation sites (tertiary alicyclic amines) is 1. The Kier molecular flexibility index (Phi) is 10.9. The number of piperidine rings is 1. The molecule has 0 aromatic heterocycles. The summed E-state index contributed by atoms with van der Waals surface area (Å²) in [4.78, 5) is 31.2. The lowest BCUT2D eigenvalue weighted by Crippen LogP contribution is -2.69. The van der Waals surface area contributed by atoms with Gasteiger partial charge in [-0.2, -0.15) is 0 Å². The van der Waals surface area contributed by atoms with Gasteiger partial charge in [0, 0.05) is 49.4 Å². The van der Waals surface area contributed by atoms with Crippen LogP contribution in [0.5, 0.6) is 11.5 Å². The minimum atomic E-state index is -0.337. The number of carbonyl (C=O) groups excluding carboxylic acids is 2. The van der Waals surface area contributed by atoms with Crippen molar-refractivity contribution in [1.29, 1.82) is 0 Å². The third kappa shape index (κ3) is 7.24. The van der Waals surface area contributed by atoms with E-state index in [-0.39, 0.29) is 35.5 Å². The number of nitrogens with zero attached hydrogens (tertiary/aromatic N) is 2. The van der Waals surface area contributed by atoms with Crippen LogP contribution in [-0.4, -0.2) is 70.7 Å². The summed E-state index contributed by atoms with van der Waals surface area (Å²) in [7, 11) is 0. The fourth-order valence-electron chi connectivity index (χ4n) is 10.4. The lowest BCUT2D eigenvalue weighted by Gasteiger charge is -2.60. The maximum Gasteiger partial charge on any atom is 0.308 e. The van der Waals surface area contributed by atoms with E-state index in [2.05, 4.69) is 60.0 Å². The normalized spacial score (nSPS) is 29.0. The number of aliphatic hydroxyl groups excluding tert-OH is 1. The number of ether oxygens (including phenoxy) is 2. The molecule has 1 N–H and O–H groups in total. The Labute approximate surface area is 300 Å². The van der Waals surface area contributed by atoms with Crippen LogP contribution in [0, 0.1) is 17.8 Å². The van der Waals surface area contributed by atoms with Crippen LogP contribution in [0.2, 0.25) is 0 Å². The van der Waals surface area contributed by atoms with E-state index in [1.165, 1.54) is 68.6 Å². The molecule has 2 heterocycles. The first kappa shape index (κ1) is 35.5. The Balaban J connectivity index is 1.00. The molecule has 7 rings (SSSR count). The minimum Gasteiger partial charge on any atom is -0.483 e. The molecule has 2 saturated carbocycles. The molecular formula is C43H60N2O5. The number of hydrogen-bond acceptors (Lipinski definition) is 6. The van der Waals surface area contributed by atoms with Gasteiger partial charge in [0.1, 0.15) is 6.10 Å². The molecule has 1 spiro atoms. The van der Waals surface area contributed by atoms with Crippen molar-refractivity contribution in [1.82, 2.24) is 9.80 Å². The van der Waals surface area contributed by atoms with E-state index < -0.39 is 0 Å². The maximum absolute atomic E-state index is 14.2. The number of amides is 1. The van der Waals surface area contributed by atoms with Gasteiger partial charge in [0.15, 0.2) is 11.5 Å². The van der Waals surface area contributed by atoms with Crippen molar-refractivity contribution in [3.63, 3.8) is 0 Å². The summed E-state index contributed by atoms with van der Waals surface area (Å²) in [5.41, 5.74) is 3.81. The average Bonchev–Trinajstić information content (AvgIpc) is 3.68. The first-order valence-electron chi connectivity index (χ1n) is 20.0. The Hall–Kier alpha value is -2.90. The summed E-state index contributed by atoms with van der Waals surface area (Å²) in [5.74, 6) is 2.38. The van der Waals surface area contributed by atoms with Crippen molar-refractivity contribution in [3.8, 4) is 11.5 Å². The van der Waals surface area contributed by atoms with Gasteiger partial charge in [-0.15, -0.1) is 0 Å². The Morgan fingerprint density at radius 2 is 1.72 bits per heavy atom. The number of carbonyl (C=O) groups is 2. The van der Waals surface area contributed by atoms with Gasteiger partial charge in [-0.3, -0.25) is 14.5 Å². The fraction of sp³-hybridized carbons (Fsp3) is 0.674. The predicted octanol–water partition coefficient (Wildman–Crippen LogP) is 7.64. The Bertz CT molecular complexity index is 1490. The van der Waals surface area contributed by atoms with E-state index in [0.29, 0.717) is 36.0 Å². The summed E-state index contributed by atoms with van der Waals surface area (Å²) in [6.45, 7) is 8.56. The van der Waals surface area contributed by atoms with E-state index in [1.54, 1.807) is 0 Å². The molecule has 2 aromatic rings. The van der Waals surface area contributed by atoms with E-state index in [1.807, 2.05) is 6.07 Å². The first-order valence-corrected chi connectivity index (χ1v) is 20.0. The minimum absolute atomic E-state index is 0.00183. The highest BCUT2D eigenvalue weighted by molar-refractivity contribution is 5.77. The van der Waals surface area contributed by atoms with Crippen molar-refractivity contribution in [2.75, 3.05) is 19.6 Å². The van der Waals surface area contributed by atoms with Crippen LogP contribution in [0.15, 0.2) is 42.5 Å². The summed E-state index contributed by atoms with van der Waals surface area (Å²) < 4.78 is 12.8. The molecule has 272 valence electrons. The highest BCUT2D eigenvalue weighted by Crippen LogP contribution is 2.64. The third-order valence-electron chi connectivity index (χ3n) is 12.7. The lowest BCUT2D eigenvalue weighted by atomic mass is 9.51. The van der Waals surface area contributed by atoms with Crippen molar-refractivity contribution < 1.29 is 24.2 Å². The molecule has 7 heteroatoms. The number of aliphatic hydroxyl groups is 1. The Morgan fingerprint density at radius 3 is 2.42 bits per heavy atom. The molecular weight excluding hydrogens is 624 g/mol. The number of rotatable bonds is 17. The molecule has 1 amide bonds. The van der Waals surface area contributed by atoms with Gasteiger partial charge in [0.2, 0.25) is 5.91 Å². The average molecular weight is 685 g/mol. The molecule has 2 aliphatic heterocycles. The monoisotopic (exact) mass is 684 g/mol. The van der Waals surface area contributed by atoms with Crippen LogP contribution >= 0.6 is 0 Å². The van der Waals surface area contributed by atoms with Crippen molar-refractivity contribution in [2.24, 2.45) is 17.8 Å². The molecule has 3 fully saturated rings. The SMILES string of the molecule is CC(=O)Oc1ccc2c3c1O[C@H]1[C@H](N(CC(C)C)C(=O)CCCCCCCCCCc4ccccc4)CC[C@H]4[C@@H](C2)N(CC2CC2O)CC[C@@]341. The zero-order valence-electron chi connectivity index (χ0n) is 30.8. The third-order valence-corrected chi connectivity index (χ3v) is 12.7. The van der Waals surface area contributed by atoms with Crippen molar-refractivity contribution in [2.45, 2.75) is 147 Å². The van der Waals surface area contributed by atoms with Gasteiger partial charge in [0.25, 0.3) is 0 Å². The van der Waals surface area contributed by atoms with Gasteiger partial charge in [-0.1, -0.05) is 88.8 Å². The van der Waals surface area contributed by atoms with Crippen LogP contribution in [0.3, 0.4) is 0 Å². The van der Waals surface area contributed by atoms with E-state index in [0.717, 1.165) is 70.3 Å². The van der Waals surface area contributed by atoms with Gasteiger partial charge in [-0.25, -0.2) is 0 Å². The highest BCUT2D eigenvalue weighted by Gasteiger charge is 2.67. The van der Waals surface area contributed by atoms with Gasteiger partial charge >= 0.3 is 5.97 Å². The number of unbranched alkanes of at least 4 members (excludes halogenated alkanes) is 7. The molecule has 2 bridgehead atoms. The van der Waals surface area contributed by atoms with Crippen LogP contribution in [0.1, 0.15) is 121 Å². The number of hydrogen-bond donors (Lipinski definition) is 1. The zero-order valence-corrected chi connectivity index (χ0v) is 30.8. The number of benzene rings is 2. The fourth-order valence-corrected chi connectivity index (χ4v) is 10.4.